The number of benzene rings is 2. The molecule has 0 amide bonds. The number of hydrogen-bond acceptors (Lipinski definition) is 3. The van der Waals surface area contributed by atoms with Crippen molar-refractivity contribution in [3.63, 3.8) is 0 Å². The molecule has 2 aromatic carbocycles. The number of fused-ring (bicyclic) bond motifs is 1. The number of rotatable bonds is 4. The minimum Gasteiger partial charge on any atom is -0.458 e. The second kappa shape index (κ2) is 5.69. The van der Waals surface area contributed by atoms with Crippen LogP contribution >= 0.6 is 11.8 Å². The lowest BCUT2D eigenvalue weighted by Gasteiger charge is -2.07. The van der Waals surface area contributed by atoms with Crippen molar-refractivity contribution in [3.05, 3.63) is 66.2 Å². The molecule has 20 heavy (non-hydrogen) atoms. The number of hydrogen-bond donors (Lipinski definition) is 1. The van der Waals surface area contributed by atoms with Crippen molar-refractivity contribution >= 4 is 22.7 Å². The number of aliphatic hydroxyl groups excluding tert-OH is 1. The fourth-order valence-electron chi connectivity index (χ4n) is 1.98. The Morgan fingerprint density at radius 3 is 2.65 bits per heavy atom. The smallest absolute Gasteiger partial charge is 0.136 e. The fourth-order valence-corrected chi connectivity index (χ4v) is 2.86. The summed E-state index contributed by atoms with van der Waals surface area (Å²) in [5.41, 5.74) is 0.748. The van der Waals surface area contributed by atoms with Crippen LogP contribution in [0.5, 0.6) is 0 Å². The van der Waals surface area contributed by atoms with Crippen molar-refractivity contribution in [2.45, 2.75) is 11.0 Å². The van der Waals surface area contributed by atoms with E-state index in [0.29, 0.717) is 16.4 Å². The molecule has 0 saturated carbocycles. The van der Waals surface area contributed by atoms with Crippen LogP contribution in [0.3, 0.4) is 0 Å². The third-order valence-electron chi connectivity index (χ3n) is 3.01. The second-order valence-corrected chi connectivity index (χ2v) is 5.51. The Morgan fingerprint density at radius 1 is 1.10 bits per heavy atom. The SMILES string of the molecule is OC(CSc1ccccc1F)c1cc2ccccc2o1. The van der Waals surface area contributed by atoms with Crippen molar-refractivity contribution in [1.29, 1.82) is 0 Å². The first-order valence-electron chi connectivity index (χ1n) is 6.28. The number of halogens is 1. The largest absolute Gasteiger partial charge is 0.458 e. The van der Waals surface area contributed by atoms with Gasteiger partial charge in [-0.25, -0.2) is 4.39 Å². The van der Waals surface area contributed by atoms with Crippen LogP contribution in [0.25, 0.3) is 11.0 Å². The topological polar surface area (TPSA) is 33.4 Å². The van der Waals surface area contributed by atoms with Crippen LogP contribution in [0.2, 0.25) is 0 Å². The highest BCUT2D eigenvalue weighted by Crippen LogP contribution is 2.29. The molecule has 1 N–H and O–H groups in total. The van der Waals surface area contributed by atoms with Gasteiger partial charge in [0.05, 0.1) is 0 Å². The molecule has 1 heterocycles. The molecule has 0 fully saturated rings. The van der Waals surface area contributed by atoms with Crippen LogP contribution in [0.4, 0.5) is 4.39 Å². The minimum atomic E-state index is -0.757. The normalized spacial score (nSPS) is 12.7. The van der Waals surface area contributed by atoms with E-state index in [9.17, 15) is 9.50 Å². The van der Waals surface area contributed by atoms with Gasteiger partial charge in [-0.1, -0.05) is 30.3 Å². The third kappa shape index (κ3) is 2.71. The molecule has 2 nitrogen and oxygen atoms in total. The predicted octanol–water partition coefficient (Wildman–Crippen LogP) is 4.40. The van der Waals surface area contributed by atoms with E-state index in [1.54, 1.807) is 18.2 Å². The van der Waals surface area contributed by atoms with Crippen LogP contribution in [-0.4, -0.2) is 10.9 Å². The highest BCUT2D eigenvalue weighted by molar-refractivity contribution is 7.99. The Kier molecular flexibility index (Phi) is 3.76. The van der Waals surface area contributed by atoms with Crippen LogP contribution < -0.4 is 0 Å². The van der Waals surface area contributed by atoms with Crippen molar-refractivity contribution in [2.24, 2.45) is 0 Å². The van der Waals surface area contributed by atoms with Crippen LogP contribution in [-0.2, 0) is 0 Å². The standard InChI is InChI=1S/C16H13FO2S/c17-12-6-2-4-8-16(12)20-10-13(18)15-9-11-5-1-3-7-14(11)19-15/h1-9,13,18H,10H2. The molecular formula is C16H13FO2S. The summed E-state index contributed by atoms with van der Waals surface area (Å²) in [6, 6.07) is 15.9. The fraction of sp³-hybridized carbons (Fsp3) is 0.125. The Morgan fingerprint density at radius 2 is 1.85 bits per heavy atom. The summed E-state index contributed by atoms with van der Waals surface area (Å²) in [4.78, 5) is 0.530. The van der Waals surface area contributed by atoms with Gasteiger partial charge in [-0.2, -0.15) is 0 Å². The van der Waals surface area contributed by atoms with E-state index in [1.165, 1.54) is 17.8 Å². The lowest BCUT2D eigenvalue weighted by molar-refractivity contribution is 0.176. The molecule has 0 aliphatic rings. The van der Waals surface area contributed by atoms with Crippen molar-refractivity contribution < 1.29 is 13.9 Å². The van der Waals surface area contributed by atoms with Gasteiger partial charge in [0.2, 0.25) is 0 Å². The number of furan rings is 1. The predicted molar refractivity (Wildman–Crippen MR) is 78.3 cm³/mol. The zero-order valence-electron chi connectivity index (χ0n) is 10.6. The Bertz CT molecular complexity index is 690. The first-order chi connectivity index (χ1) is 9.74. The van der Waals surface area contributed by atoms with Gasteiger partial charge in [-0.15, -0.1) is 11.8 Å². The van der Waals surface area contributed by atoms with Gasteiger partial charge in [0, 0.05) is 16.0 Å². The van der Waals surface area contributed by atoms with Gasteiger partial charge in [-0.3, -0.25) is 0 Å². The summed E-state index contributed by atoms with van der Waals surface area (Å²) in [6.45, 7) is 0. The van der Waals surface area contributed by atoms with Crippen molar-refractivity contribution in [1.82, 2.24) is 0 Å². The van der Waals surface area contributed by atoms with Crippen LogP contribution in [0.1, 0.15) is 11.9 Å². The number of para-hydroxylation sites is 1. The van der Waals surface area contributed by atoms with Gasteiger partial charge in [0.25, 0.3) is 0 Å². The maximum Gasteiger partial charge on any atom is 0.136 e. The Balaban J connectivity index is 1.73. The summed E-state index contributed by atoms with van der Waals surface area (Å²) < 4.78 is 19.1. The third-order valence-corrected chi connectivity index (χ3v) is 4.13. The summed E-state index contributed by atoms with van der Waals surface area (Å²) in [7, 11) is 0. The summed E-state index contributed by atoms with van der Waals surface area (Å²) in [5, 5.41) is 11.1. The minimum absolute atomic E-state index is 0.269. The van der Waals surface area contributed by atoms with E-state index in [2.05, 4.69) is 0 Å². The van der Waals surface area contributed by atoms with Gasteiger partial charge >= 0.3 is 0 Å². The molecule has 0 spiro atoms. The summed E-state index contributed by atoms with van der Waals surface area (Å²) in [6.07, 6.45) is -0.757. The van der Waals surface area contributed by atoms with Crippen LogP contribution in [0.15, 0.2) is 63.9 Å². The molecule has 4 heteroatoms. The van der Waals surface area contributed by atoms with E-state index in [1.807, 2.05) is 30.3 Å². The van der Waals surface area contributed by atoms with E-state index < -0.39 is 6.10 Å². The van der Waals surface area contributed by atoms with E-state index in [0.717, 1.165) is 11.0 Å². The molecule has 102 valence electrons. The molecule has 0 bridgehead atoms. The number of thioether (sulfide) groups is 1. The van der Waals surface area contributed by atoms with Crippen molar-refractivity contribution in [2.75, 3.05) is 5.75 Å². The first kappa shape index (κ1) is 13.2. The van der Waals surface area contributed by atoms with Crippen LogP contribution in [0, 0.1) is 5.82 Å². The number of aliphatic hydroxyl groups is 1. The molecule has 1 atom stereocenters. The first-order valence-corrected chi connectivity index (χ1v) is 7.26. The molecule has 0 radical (unpaired) electrons. The molecule has 0 saturated heterocycles. The van der Waals surface area contributed by atoms with E-state index in [-0.39, 0.29) is 5.82 Å². The van der Waals surface area contributed by atoms with E-state index in [4.69, 9.17) is 4.42 Å². The molecule has 1 unspecified atom stereocenters. The zero-order chi connectivity index (χ0) is 13.9. The van der Waals surface area contributed by atoms with Gasteiger partial charge in [0.15, 0.2) is 0 Å². The zero-order valence-corrected chi connectivity index (χ0v) is 11.4. The molecule has 0 aliphatic heterocycles. The summed E-state index contributed by atoms with van der Waals surface area (Å²) in [5.74, 6) is 0.588. The maximum atomic E-state index is 13.5. The molecule has 3 rings (SSSR count). The highest BCUT2D eigenvalue weighted by atomic mass is 32.2. The average molecular weight is 288 g/mol. The summed E-state index contributed by atoms with van der Waals surface area (Å²) >= 11 is 1.27. The average Bonchev–Trinajstić information content (AvgIpc) is 2.90. The Labute approximate surface area is 120 Å². The lowest BCUT2D eigenvalue weighted by atomic mass is 10.2. The molecular weight excluding hydrogens is 275 g/mol. The van der Waals surface area contributed by atoms with Crippen molar-refractivity contribution in [3.8, 4) is 0 Å². The lowest BCUT2D eigenvalue weighted by Crippen LogP contribution is -1.99. The second-order valence-electron chi connectivity index (χ2n) is 4.44. The monoisotopic (exact) mass is 288 g/mol. The highest BCUT2D eigenvalue weighted by Gasteiger charge is 2.14. The van der Waals surface area contributed by atoms with Gasteiger partial charge in [-0.05, 0) is 24.3 Å². The quantitative estimate of drug-likeness (QED) is 0.722. The van der Waals surface area contributed by atoms with Gasteiger partial charge < -0.3 is 9.52 Å². The van der Waals surface area contributed by atoms with Gasteiger partial charge in [0.1, 0.15) is 23.3 Å². The van der Waals surface area contributed by atoms with E-state index >= 15 is 0 Å². The molecule has 3 aromatic rings. The molecule has 1 aromatic heterocycles. The maximum absolute atomic E-state index is 13.5. The molecule has 0 aliphatic carbocycles. The Hall–Kier alpha value is -1.78.